The van der Waals surface area contributed by atoms with Crippen LogP contribution in [0, 0.1) is 18.7 Å². The molecule has 1 heterocycles. The maximum Gasteiger partial charge on any atom is 0.325 e. The zero-order valence-electron chi connectivity index (χ0n) is 15.2. The summed E-state index contributed by atoms with van der Waals surface area (Å²) in [6.45, 7) is 3.89. The first kappa shape index (κ1) is 20.9. The second kappa shape index (κ2) is 8.99. The van der Waals surface area contributed by atoms with Crippen molar-refractivity contribution in [2.75, 3.05) is 13.1 Å². The fourth-order valence-electron chi connectivity index (χ4n) is 2.85. The number of benzene rings is 1. The third kappa shape index (κ3) is 5.29. The van der Waals surface area contributed by atoms with Crippen LogP contribution in [0.4, 0.5) is 4.39 Å². The van der Waals surface area contributed by atoms with Crippen molar-refractivity contribution >= 4 is 35.5 Å². The van der Waals surface area contributed by atoms with Gasteiger partial charge in [0.15, 0.2) is 0 Å². The van der Waals surface area contributed by atoms with Gasteiger partial charge in [-0.25, -0.2) is 4.39 Å². The van der Waals surface area contributed by atoms with Crippen molar-refractivity contribution in [1.29, 1.82) is 0 Å². The molecule has 146 valence electrons. The highest BCUT2D eigenvalue weighted by Gasteiger charge is 2.28. The van der Waals surface area contributed by atoms with Crippen LogP contribution in [0.15, 0.2) is 18.2 Å². The SMILES string of the molecule is Cc1ccc(F)c(/C=C/C(=O)N2CCC(C(=O)NC(C)C(=O)O)CC2)c1Cl. The molecule has 0 spiro atoms. The van der Waals surface area contributed by atoms with Crippen molar-refractivity contribution in [2.24, 2.45) is 5.92 Å². The number of hydrogen-bond acceptors (Lipinski definition) is 3. The lowest BCUT2D eigenvalue weighted by atomic mass is 9.95. The van der Waals surface area contributed by atoms with Crippen molar-refractivity contribution in [3.05, 3.63) is 40.2 Å². The molecule has 1 fully saturated rings. The van der Waals surface area contributed by atoms with Crippen molar-refractivity contribution in [1.82, 2.24) is 10.2 Å². The number of carboxylic acids is 1. The van der Waals surface area contributed by atoms with E-state index < -0.39 is 17.8 Å². The van der Waals surface area contributed by atoms with Gasteiger partial charge in [0.1, 0.15) is 11.9 Å². The normalized spacial score (nSPS) is 16.4. The van der Waals surface area contributed by atoms with E-state index in [9.17, 15) is 18.8 Å². The first-order valence-electron chi connectivity index (χ1n) is 8.65. The number of amides is 2. The molecular weight excluding hydrogens is 375 g/mol. The summed E-state index contributed by atoms with van der Waals surface area (Å²) in [5.74, 6) is -2.53. The van der Waals surface area contributed by atoms with E-state index in [1.54, 1.807) is 17.9 Å². The van der Waals surface area contributed by atoms with Gasteiger partial charge in [-0.1, -0.05) is 17.7 Å². The number of rotatable bonds is 5. The first-order chi connectivity index (χ1) is 12.7. The van der Waals surface area contributed by atoms with Gasteiger partial charge in [-0.3, -0.25) is 14.4 Å². The monoisotopic (exact) mass is 396 g/mol. The second-order valence-corrected chi connectivity index (χ2v) is 6.97. The Morgan fingerprint density at radius 3 is 2.56 bits per heavy atom. The quantitative estimate of drug-likeness (QED) is 0.749. The third-order valence-electron chi connectivity index (χ3n) is 4.62. The summed E-state index contributed by atoms with van der Waals surface area (Å²) in [7, 11) is 0. The Labute approximate surface area is 162 Å². The van der Waals surface area contributed by atoms with Gasteiger partial charge in [-0.15, -0.1) is 0 Å². The Bertz CT molecular complexity index is 773. The minimum absolute atomic E-state index is 0.168. The lowest BCUT2D eigenvalue weighted by Gasteiger charge is -2.31. The maximum absolute atomic E-state index is 13.9. The lowest BCUT2D eigenvalue weighted by molar-refractivity contribution is -0.142. The van der Waals surface area contributed by atoms with Crippen LogP contribution in [0.5, 0.6) is 0 Å². The Kier molecular flexibility index (Phi) is 6.96. The van der Waals surface area contributed by atoms with Crippen LogP contribution in [0.3, 0.4) is 0 Å². The number of nitrogens with one attached hydrogen (secondary N) is 1. The molecule has 1 aromatic carbocycles. The van der Waals surface area contributed by atoms with Crippen LogP contribution < -0.4 is 5.32 Å². The zero-order valence-corrected chi connectivity index (χ0v) is 15.9. The third-order valence-corrected chi connectivity index (χ3v) is 5.12. The highest BCUT2D eigenvalue weighted by molar-refractivity contribution is 6.32. The van der Waals surface area contributed by atoms with E-state index >= 15 is 0 Å². The number of aliphatic carboxylic acids is 1. The topological polar surface area (TPSA) is 86.7 Å². The number of nitrogens with zero attached hydrogens (tertiary/aromatic N) is 1. The van der Waals surface area contributed by atoms with Crippen LogP contribution in [-0.4, -0.2) is 46.9 Å². The van der Waals surface area contributed by atoms with E-state index in [1.165, 1.54) is 25.1 Å². The molecule has 1 saturated heterocycles. The van der Waals surface area contributed by atoms with Gasteiger partial charge < -0.3 is 15.3 Å². The van der Waals surface area contributed by atoms with Crippen molar-refractivity contribution in [3.63, 3.8) is 0 Å². The Morgan fingerprint density at radius 2 is 1.96 bits per heavy atom. The van der Waals surface area contributed by atoms with Gasteiger partial charge in [0, 0.05) is 30.6 Å². The number of hydrogen-bond donors (Lipinski definition) is 2. The van der Waals surface area contributed by atoms with Crippen molar-refractivity contribution in [3.8, 4) is 0 Å². The second-order valence-electron chi connectivity index (χ2n) is 6.59. The highest BCUT2D eigenvalue weighted by Crippen LogP contribution is 2.25. The number of carboxylic acid groups (broad SMARTS) is 1. The van der Waals surface area contributed by atoms with E-state index in [4.69, 9.17) is 16.7 Å². The fourth-order valence-corrected chi connectivity index (χ4v) is 3.06. The molecule has 2 amide bonds. The van der Waals surface area contributed by atoms with E-state index in [-0.39, 0.29) is 28.3 Å². The average molecular weight is 397 g/mol. The van der Waals surface area contributed by atoms with Gasteiger partial charge in [0.05, 0.1) is 5.02 Å². The summed E-state index contributed by atoms with van der Waals surface area (Å²) in [6.07, 6.45) is 3.52. The number of carbonyl (C=O) groups excluding carboxylic acids is 2. The van der Waals surface area contributed by atoms with Gasteiger partial charge in [-0.05, 0) is 44.4 Å². The number of likely N-dealkylation sites (tertiary alicyclic amines) is 1. The molecule has 1 aliphatic rings. The van der Waals surface area contributed by atoms with E-state index in [1.807, 2.05) is 0 Å². The molecule has 27 heavy (non-hydrogen) atoms. The van der Waals surface area contributed by atoms with Gasteiger partial charge >= 0.3 is 5.97 Å². The van der Waals surface area contributed by atoms with Crippen molar-refractivity contribution < 1.29 is 23.9 Å². The number of halogens is 2. The largest absolute Gasteiger partial charge is 0.480 e. The van der Waals surface area contributed by atoms with E-state index in [0.717, 1.165) is 0 Å². The summed E-state index contributed by atoms with van der Waals surface area (Å²) in [5.41, 5.74) is 0.884. The molecule has 1 aliphatic heterocycles. The molecule has 2 rings (SSSR count). The molecular formula is C19H22ClFN2O4. The molecule has 0 bridgehead atoms. The molecule has 0 aliphatic carbocycles. The minimum atomic E-state index is -1.09. The Balaban J connectivity index is 1.93. The van der Waals surface area contributed by atoms with Crippen LogP contribution in [0.25, 0.3) is 6.08 Å². The fraction of sp³-hybridized carbons (Fsp3) is 0.421. The average Bonchev–Trinajstić information content (AvgIpc) is 2.64. The predicted molar refractivity (Wildman–Crippen MR) is 99.7 cm³/mol. The Hall–Kier alpha value is -2.41. The molecule has 1 atom stereocenters. The molecule has 8 heteroatoms. The van der Waals surface area contributed by atoms with E-state index in [2.05, 4.69) is 5.32 Å². The Morgan fingerprint density at radius 1 is 1.33 bits per heavy atom. The lowest BCUT2D eigenvalue weighted by Crippen LogP contribution is -2.46. The minimum Gasteiger partial charge on any atom is -0.480 e. The highest BCUT2D eigenvalue weighted by atomic mass is 35.5. The predicted octanol–water partition coefficient (Wildman–Crippen LogP) is 2.63. The van der Waals surface area contributed by atoms with Gasteiger partial charge in [0.25, 0.3) is 0 Å². The molecule has 2 N–H and O–H groups in total. The molecule has 6 nitrogen and oxygen atoms in total. The molecule has 0 saturated carbocycles. The molecule has 1 aromatic rings. The summed E-state index contributed by atoms with van der Waals surface area (Å²) < 4.78 is 13.9. The van der Waals surface area contributed by atoms with Crippen LogP contribution in [-0.2, 0) is 14.4 Å². The standard InChI is InChI=1S/C19H22ClFN2O4/c1-11-3-5-15(21)14(17(11)20)4-6-16(24)23-9-7-13(8-10-23)18(25)22-12(2)19(26)27/h3-6,12-13H,7-10H2,1-2H3,(H,22,25)(H,26,27)/b6-4+. The zero-order chi connectivity index (χ0) is 20.1. The summed E-state index contributed by atoms with van der Waals surface area (Å²) in [6, 6.07) is 1.92. The first-order valence-corrected chi connectivity index (χ1v) is 9.03. The van der Waals surface area contributed by atoms with Crippen LogP contribution in [0.2, 0.25) is 5.02 Å². The van der Waals surface area contributed by atoms with Crippen molar-refractivity contribution in [2.45, 2.75) is 32.7 Å². The number of piperidine rings is 1. The number of aryl methyl sites for hydroxylation is 1. The molecule has 1 unspecified atom stereocenters. The van der Waals surface area contributed by atoms with E-state index in [0.29, 0.717) is 31.5 Å². The summed E-state index contributed by atoms with van der Waals surface area (Å²) >= 11 is 6.08. The maximum atomic E-state index is 13.9. The van der Waals surface area contributed by atoms with Gasteiger partial charge in [-0.2, -0.15) is 0 Å². The summed E-state index contributed by atoms with van der Waals surface area (Å²) in [5, 5.41) is 11.6. The number of carbonyl (C=O) groups is 3. The smallest absolute Gasteiger partial charge is 0.325 e. The molecule has 0 radical (unpaired) electrons. The molecule has 0 aromatic heterocycles. The van der Waals surface area contributed by atoms with Crippen LogP contribution in [0.1, 0.15) is 30.9 Å². The summed E-state index contributed by atoms with van der Waals surface area (Å²) in [4.78, 5) is 36.8. The van der Waals surface area contributed by atoms with Gasteiger partial charge in [0.2, 0.25) is 11.8 Å². The van der Waals surface area contributed by atoms with Crippen LogP contribution >= 0.6 is 11.6 Å².